The lowest BCUT2D eigenvalue weighted by Gasteiger charge is -2.10. The minimum Gasteiger partial charge on any atom is -0.493 e. The monoisotopic (exact) mass is 356 g/mol. The van der Waals surface area contributed by atoms with Crippen molar-refractivity contribution in [2.75, 3.05) is 7.11 Å². The molecule has 0 saturated carbocycles. The first-order chi connectivity index (χ1) is 11.4. The smallest absolute Gasteiger partial charge is 0.387 e. The van der Waals surface area contributed by atoms with E-state index in [1.807, 2.05) is 0 Å². The first-order valence-corrected chi connectivity index (χ1v) is 8.13. The fourth-order valence-electron chi connectivity index (χ4n) is 1.78. The molecule has 0 radical (unpaired) electrons. The van der Waals surface area contributed by atoms with Crippen LogP contribution in [0.15, 0.2) is 58.5 Å². The Morgan fingerprint density at radius 3 is 2.46 bits per heavy atom. The fourth-order valence-corrected chi connectivity index (χ4v) is 2.59. The molecule has 0 unspecified atom stereocenters. The van der Waals surface area contributed by atoms with E-state index in [1.165, 1.54) is 43.7 Å². The van der Waals surface area contributed by atoms with E-state index in [-0.39, 0.29) is 16.4 Å². The van der Waals surface area contributed by atoms with Crippen molar-refractivity contribution in [3.63, 3.8) is 0 Å². The quantitative estimate of drug-likeness (QED) is 0.611. The van der Waals surface area contributed by atoms with Gasteiger partial charge < -0.3 is 9.47 Å². The highest BCUT2D eigenvalue weighted by atomic mass is 32.2. The summed E-state index contributed by atoms with van der Waals surface area (Å²) in [6.45, 7) is -2.98. The number of methoxy groups -OCH3 is 1. The van der Waals surface area contributed by atoms with Crippen LogP contribution in [0.2, 0.25) is 0 Å². The normalized spacial score (nSPS) is 11.7. The average Bonchev–Trinajstić information content (AvgIpc) is 2.56. The van der Waals surface area contributed by atoms with Gasteiger partial charge >= 0.3 is 6.61 Å². The van der Waals surface area contributed by atoms with E-state index in [4.69, 9.17) is 4.74 Å². The Bertz CT molecular complexity index is 811. The minimum atomic E-state index is -3.77. The van der Waals surface area contributed by atoms with E-state index in [1.54, 1.807) is 18.2 Å². The molecule has 9 heteroatoms. The summed E-state index contributed by atoms with van der Waals surface area (Å²) in [5, 5.41) is 3.65. The first-order valence-electron chi connectivity index (χ1n) is 6.65. The Morgan fingerprint density at radius 1 is 1.12 bits per heavy atom. The second-order valence-electron chi connectivity index (χ2n) is 4.45. The predicted octanol–water partition coefficient (Wildman–Crippen LogP) is 2.61. The summed E-state index contributed by atoms with van der Waals surface area (Å²) < 4.78 is 57.7. The third-order valence-electron chi connectivity index (χ3n) is 2.84. The Labute approximate surface area is 137 Å². The van der Waals surface area contributed by atoms with Crippen molar-refractivity contribution >= 4 is 16.2 Å². The lowest BCUT2D eigenvalue weighted by atomic mass is 10.2. The van der Waals surface area contributed by atoms with Crippen LogP contribution in [0.1, 0.15) is 5.56 Å². The van der Waals surface area contributed by atoms with Crippen LogP contribution in [-0.4, -0.2) is 28.4 Å². The zero-order valence-electron chi connectivity index (χ0n) is 12.5. The van der Waals surface area contributed by atoms with Crippen LogP contribution >= 0.6 is 0 Å². The van der Waals surface area contributed by atoms with E-state index >= 15 is 0 Å². The van der Waals surface area contributed by atoms with E-state index in [0.717, 1.165) is 0 Å². The molecule has 0 saturated heterocycles. The van der Waals surface area contributed by atoms with Crippen LogP contribution in [0.5, 0.6) is 11.5 Å². The van der Waals surface area contributed by atoms with Crippen molar-refractivity contribution in [2.45, 2.75) is 11.5 Å². The number of halogens is 2. The number of hydrogen-bond acceptors (Lipinski definition) is 5. The summed E-state index contributed by atoms with van der Waals surface area (Å²) in [7, 11) is -2.47. The SMILES string of the molecule is COc1cc(/C=N\NS(=O)(=O)c2ccccc2)ccc1OC(F)F. The van der Waals surface area contributed by atoms with E-state index in [0.29, 0.717) is 5.56 Å². The molecular weight excluding hydrogens is 342 g/mol. The Hall–Kier alpha value is -2.68. The van der Waals surface area contributed by atoms with Crippen molar-refractivity contribution in [3.8, 4) is 11.5 Å². The van der Waals surface area contributed by atoms with Crippen LogP contribution in [0, 0.1) is 0 Å². The molecule has 0 spiro atoms. The number of alkyl halides is 2. The van der Waals surface area contributed by atoms with Gasteiger partial charge in [-0.1, -0.05) is 18.2 Å². The van der Waals surface area contributed by atoms with Gasteiger partial charge in [0.15, 0.2) is 11.5 Å². The van der Waals surface area contributed by atoms with E-state index < -0.39 is 16.6 Å². The van der Waals surface area contributed by atoms with Gasteiger partial charge in [0.25, 0.3) is 10.0 Å². The van der Waals surface area contributed by atoms with Crippen LogP contribution in [0.3, 0.4) is 0 Å². The maximum absolute atomic E-state index is 12.3. The molecule has 0 aliphatic heterocycles. The first kappa shape index (κ1) is 17.7. The number of nitrogens with zero attached hydrogens (tertiary/aromatic N) is 1. The van der Waals surface area contributed by atoms with Crippen LogP contribution in [-0.2, 0) is 10.0 Å². The zero-order chi connectivity index (χ0) is 17.6. The standard InChI is InChI=1S/C15H14F2N2O4S/c1-22-14-9-11(7-8-13(14)23-15(16)17)10-18-19-24(20,21)12-5-3-2-4-6-12/h2-10,15,19H,1H3/b18-10-. The molecule has 6 nitrogen and oxygen atoms in total. The highest BCUT2D eigenvalue weighted by Gasteiger charge is 2.12. The van der Waals surface area contributed by atoms with Gasteiger partial charge in [-0.25, -0.2) is 4.83 Å². The molecule has 2 rings (SSSR count). The molecule has 0 fully saturated rings. The Kier molecular flexibility index (Phi) is 5.69. The molecule has 0 aliphatic carbocycles. The predicted molar refractivity (Wildman–Crippen MR) is 84.0 cm³/mol. The van der Waals surface area contributed by atoms with Crippen LogP contribution in [0.4, 0.5) is 8.78 Å². The minimum absolute atomic E-state index is 0.0698. The fraction of sp³-hybridized carbons (Fsp3) is 0.133. The molecular formula is C15H14F2N2O4S. The van der Waals surface area contributed by atoms with Gasteiger partial charge in [-0.15, -0.1) is 0 Å². The second-order valence-corrected chi connectivity index (χ2v) is 6.12. The third-order valence-corrected chi connectivity index (χ3v) is 4.08. The molecule has 0 aliphatic rings. The highest BCUT2D eigenvalue weighted by Crippen LogP contribution is 2.28. The maximum atomic E-state index is 12.3. The molecule has 1 N–H and O–H groups in total. The largest absolute Gasteiger partial charge is 0.493 e. The molecule has 24 heavy (non-hydrogen) atoms. The van der Waals surface area contributed by atoms with Crippen LogP contribution < -0.4 is 14.3 Å². The number of nitrogens with one attached hydrogen (secondary N) is 1. The highest BCUT2D eigenvalue weighted by molar-refractivity contribution is 7.89. The number of benzene rings is 2. The number of hydrazone groups is 1. The van der Waals surface area contributed by atoms with Gasteiger partial charge in [0.1, 0.15) is 0 Å². The number of hydrogen-bond donors (Lipinski definition) is 1. The third kappa shape index (κ3) is 4.66. The summed E-state index contributed by atoms with van der Waals surface area (Å²) in [6.07, 6.45) is 1.22. The van der Waals surface area contributed by atoms with E-state index in [9.17, 15) is 17.2 Å². The molecule has 0 bridgehead atoms. The second kappa shape index (κ2) is 7.73. The molecule has 2 aromatic rings. The zero-order valence-corrected chi connectivity index (χ0v) is 13.3. The van der Waals surface area contributed by atoms with Gasteiger partial charge in [-0.3, -0.25) is 0 Å². The van der Waals surface area contributed by atoms with Crippen molar-refractivity contribution < 1.29 is 26.7 Å². The number of sulfonamides is 1. The lowest BCUT2D eigenvalue weighted by molar-refractivity contribution is -0.0512. The van der Waals surface area contributed by atoms with Crippen molar-refractivity contribution in [3.05, 3.63) is 54.1 Å². The van der Waals surface area contributed by atoms with E-state index in [2.05, 4.69) is 14.7 Å². The molecule has 2 aromatic carbocycles. The summed E-state index contributed by atoms with van der Waals surface area (Å²) >= 11 is 0. The van der Waals surface area contributed by atoms with Crippen molar-refractivity contribution in [1.29, 1.82) is 0 Å². The van der Waals surface area contributed by atoms with Crippen LogP contribution in [0.25, 0.3) is 0 Å². The van der Waals surface area contributed by atoms with Gasteiger partial charge in [0.2, 0.25) is 0 Å². The molecule has 0 aromatic heterocycles. The Balaban J connectivity index is 2.12. The molecule has 0 atom stereocenters. The molecule has 0 amide bonds. The molecule has 128 valence electrons. The van der Waals surface area contributed by atoms with Crippen molar-refractivity contribution in [1.82, 2.24) is 4.83 Å². The van der Waals surface area contributed by atoms with Gasteiger partial charge in [-0.2, -0.15) is 22.3 Å². The average molecular weight is 356 g/mol. The lowest BCUT2D eigenvalue weighted by Crippen LogP contribution is -2.18. The topological polar surface area (TPSA) is 77.0 Å². The Morgan fingerprint density at radius 2 is 1.83 bits per heavy atom. The maximum Gasteiger partial charge on any atom is 0.387 e. The van der Waals surface area contributed by atoms with Crippen molar-refractivity contribution in [2.24, 2.45) is 5.10 Å². The van der Waals surface area contributed by atoms with Gasteiger partial charge in [-0.05, 0) is 35.9 Å². The number of ether oxygens (including phenoxy) is 2. The summed E-state index contributed by atoms with van der Waals surface area (Å²) in [5.41, 5.74) is 0.434. The van der Waals surface area contributed by atoms with Gasteiger partial charge in [0, 0.05) is 0 Å². The summed E-state index contributed by atoms with van der Waals surface area (Å²) in [6, 6.07) is 11.8. The summed E-state index contributed by atoms with van der Waals surface area (Å²) in [5.74, 6) is -0.0558. The molecule has 0 heterocycles. The summed E-state index contributed by atoms with van der Waals surface area (Å²) in [4.78, 5) is 2.13. The number of rotatable bonds is 7. The van der Waals surface area contributed by atoms with Gasteiger partial charge in [0.05, 0.1) is 18.2 Å².